The van der Waals surface area contributed by atoms with E-state index in [1.165, 1.54) is 32.8 Å². The van der Waals surface area contributed by atoms with E-state index >= 15 is 0 Å². The molecule has 278 valence electrons. The fourth-order valence-corrected chi connectivity index (χ4v) is 7.41. The standard InChI is InChI=1S/C44H51N3O6/c1-3-23-47(38-17-7-8-18-38)29-39-27-41(34-21-19-32(30-48)20-22-34)53-43(52-39)37-16-10-15-36(26-37)35-14-9-13-33(24-35)28-45-44(50)46-40(42(49)51-2)25-31-11-5-4-6-12-31/h3-6,9-16,19-22,24,26,38-41,43,48H,1,7-8,17-18,23,25,27-30H2,2H3,(H2,45,46,50)/t39-,40-,41+,43+/m0/s1. The van der Waals surface area contributed by atoms with Crippen LogP contribution >= 0.6 is 0 Å². The lowest BCUT2D eigenvalue weighted by Gasteiger charge is -2.39. The number of aliphatic hydroxyl groups excluding tert-OH is 1. The number of rotatable bonds is 15. The lowest BCUT2D eigenvalue weighted by molar-refractivity contribution is -0.253. The van der Waals surface area contributed by atoms with Crippen LogP contribution in [-0.4, -0.2) is 60.4 Å². The summed E-state index contributed by atoms with van der Waals surface area (Å²) >= 11 is 0. The predicted molar refractivity (Wildman–Crippen MR) is 206 cm³/mol. The van der Waals surface area contributed by atoms with Gasteiger partial charge in [-0.2, -0.15) is 0 Å². The first-order chi connectivity index (χ1) is 25.9. The molecule has 9 nitrogen and oxygen atoms in total. The number of nitrogens with zero attached hydrogens (tertiary/aromatic N) is 1. The zero-order valence-corrected chi connectivity index (χ0v) is 30.5. The second kappa shape index (κ2) is 18.8. The quantitative estimate of drug-likeness (QED) is 0.0869. The van der Waals surface area contributed by atoms with Crippen molar-refractivity contribution in [2.45, 2.75) is 82.3 Å². The molecule has 0 radical (unpaired) electrons. The van der Waals surface area contributed by atoms with Crippen LogP contribution in [0.3, 0.4) is 0 Å². The smallest absolute Gasteiger partial charge is 0.328 e. The Morgan fingerprint density at radius 2 is 1.60 bits per heavy atom. The molecule has 4 aromatic rings. The van der Waals surface area contributed by atoms with Crippen LogP contribution in [0.1, 0.15) is 72.3 Å². The van der Waals surface area contributed by atoms with Gasteiger partial charge in [0.25, 0.3) is 0 Å². The summed E-state index contributed by atoms with van der Waals surface area (Å²) in [6.45, 7) is 5.94. The lowest BCUT2D eigenvalue weighted by Crippen LogP contribution is -2.47. The van der Waals surface area contributed by atoms with Crippen LogP contribution in [0.5, 0.6) is 0 Å². The Balaban J connectivity index is 1.15. The molecular formula is C44H51N3O6. The van der Waals surface area contributed by atoms with Gasteiger partial charge in [0.05, 0.1) is 25.9 Å². The van der Waals surface area contributed by atoms with E-state index in [0.29, 0.717) is 12.5 Å². The molecule has 2 fully saturated rings. The van der Waals surface area contributed by atoms with Gasteiger partial charge in [-0.1, -0.05) is 110 Å². The van der Waals surface area contributed by atoms with E-state index in [9.17, 15) is 14.7 Å². The topological polar surface area (TPSA) is 109 Å². The number of nitrogens with one attached hydrogen (secondary N) is 2. The minimum atomic E-state index is -0.812. The van der Waals surface area contributed by atoms with Crippen molar-refractivity contribution < 1.29 is 28.9 Å². The van der Waals surface area contributed by atoms with E-state index in [1.807, 2.05) is 97.1 Å². The monoisotopic (exact) mass is 717 g/mol. The number of aliphatic hydroxyl groups is 1. The number of benzene rings is 4. The summed E-state index contributed by atoms with van der Waals surface area (Å²) in [6.07, 6.45) is 7.18. The van der Waals surface area contributed by atoms with Gasteiger partial charge in [-0.15, -0.1) is 6.58 Å². The second-order valence-electron chi connectivity index (χ2n) is 13.9. The third-order valence-corrected chi connectivity index (χ3v) is 10.2. The van der Waals surface area contributed by atoms with Gasteiger partial charge in [0.15, 0.2) is 6.29 Å². The maximum absolute atomic E-state index is 12.9. The molecule has 6 rings (SSSR count). The van der Waals surface area contributed by atoms with Crippen LogP contribution in [0.15, 0.2) is 116 Å². The first-order valence-corrected chi connectivity index (χ1v) is 18.6. The third kappa shape index (κ3) is 10.4. The van der Waals surface area contributed by atoms with E-state index in [2.05, 4.69) is 34.2 Å². The van der Waals surface area contributed by atoms with Crippen molar-refractivity contribution in [1.82, 2.24) is 15.5 Å². The molecule has 0 unspecified atom stereocenters. The van der Waals surface area contributed by atoms with Crippen molar-refractivity contribution in [3.8, 4) is 11.1 Å². The third-order valence-electron chi connectivity index (χ3n) is 10.2. The molecule has 1 saturated carbocycles. The fraction of sp³-hybridized carbons (Fsp3) is 0.364. The Bertz CT molecular complexity index is 1790. The molecule has 1 heterocycles. The maximum Gasteiger partial charge on any atom is 0.328 e. The minimum Gasteiger partial charge on any atom is -0.467 e. The van der Waals surface area contributed by atoms with Crippen molar-refractivity contribution >= 4 is 12.0 Å². The Morgan fingerprint density at radius 1 is 0.887 bits per heavy atom. The number of hydrogen-bond donors (Lipinski definition) is 3. The number of ether oxygens (including phenoxy) is 3. The fourth-order valence-electron chi connectivity index (χ4n) is 7.41. The van der Waals surface area contributed by atoms with Crippen LogP contribution in [0, 0.1) is 0 Å². The molecule has 0 aromatic heterocycles. The SMILES string of the molecule is C=CCN(C[C@@H]1C[C@H](c2ccc(CO)cc2)O[C@H](c2cccc(-c3cccc(CNC(=O)N[C@@H](Cc4ccccc4)C(=O)OC)c3)c2)O1)C1CCCC1. The zero-order valence-electron chi connectivity index (χ0n) is 30.5. The van der Waals surface area contributed by atoms with Crippen LogP contribution in [0.4, 0.5) is 4.79 Å². The van der Waals surface area contributed by atoms with E-state index < -0.39 is 24.3 Å². The highest BCUT2D eigenvalue weighted by atomic mass is 16.7. The number of carbonyl (C=O) groups is 2. The average Bonchev–Trinajstić information content (AvgIpc) is 3.75. The summed E-state index contributed by atoms with van der Waals surface area (Å²) in [6, 6.07) is 33.0. The van der Waals surface area contributed by atoms with Crippen molar-refractivity contribution in [3.63, 3.8) is 0 Å². The molecule has 1 saturated heterocycles. The molecule has 4 aromatic carbocycles. The van der Waals surface area contributed by atoms with Gasteiger partial charge >= 0.3 is 12.0 Å². The molecule has 3 N–H and O–H groups in total. The highest BCUT2D eigenvalue weighted by Crippen LogP contribution is 2.39. The minimum absolute atomic E-state index is 0.0000643. The van der Waals surface area contributed by atoms with Gasteiger partial charge in [-0.3, -0.25) is 4.90 Å². The van der Waals surface area contributed by atoms with Crippen LogP contribution < -0.4 is 10.6 Å². The number of carbonyl (C=O) groups excluding carboxylic acids is 2. The normalized spacial score (nSPS) is 19.4. The number of methoxy groups -OCH3 is 1. The maximum atomic E-state index is 12.9. The summed E-state index contributed by atoms with van der Waals surface area (Å²) in [5.41, 5.74) is 6.68. The van der Waals surface area contributed by atoms with Crippen molar-refractivity contribution in [2.75, 3.05) is 20.2 Å². The lowest BCUT2D eigenvalue weighted by atomic mass is 9.98. The van der Waals surface area contributed by atoms with Gasteiger partial charge in [0.2, 0.25) is 0 Å². The Morgan fingerprint density at radius 3 is 2.32 bits per heavy atom. The van der Waals surface area contributed by atoms with Gasteiger partial charge in [0, 0.05) is 44.1 Å². The number of esters is 1. The molecule has 4 atom stereocenters. The van der Waals surface area contributed by atoms with Gasteiger partial charge < -0.3 is 30.0 Å². The Labute approximate surface area is 313 Å². The summed E-state index contributed by atoms with van der Waals surface area (Å²) < 4.78 is 18.4. The van der Waals surface area contributed by atoms with Crippen molar-refractivity contribution in [3.05, 3.63) is 144 Å². The molecule has 53 heavy (non-hydrogen) atoms. The van der Waals surface area contributed by atoms with Crippen LogP contribution in [0.25, 0.3) is 11.1 Å². The molecule has 2 amide bonds. The summed E-state index contributed by atoms with van der Waals surface area (Å²) in [5.74, 6) is -0.503. The Hall–Kier alpha value is -4.80. The summed E-state index contributed by atoms with van der Waals surface area (Å²) in [5, 5.41) is 15.3. The summed E-state index contributed by atoms with van der Waals surface area (Å²) in [4.78, 5) is 27.9. The Kier molecular flexibility index (Phi) is 13.5. The van der Waals surface area contributed by atoms with Crippen molar-refractivity contribution in [1.29, 1.82) is 0 Å². The van der Waals surface area contributed by atoms with Crippen LogP contribution in [-0.2, 0) is 38.6 Å². The molecule has 0 bridgehead atoms. The predicted octanol–water partition coefficient (Wildman–Crippen LogP) is 7.41. The highest BCUT2D eigenvalue weighted by Gasteiger charge is 2.35. The van der Waals surface area contributed by atoms with E-state index in [-0.39, 0.29) is 25.4 Å². The van der Waals surface area contributed by atoms with Gasteiger partial charge in [-0.25, -0.2) is 9.59 Å². The van der Waals surface area contributed by atoms with Gasteiger partial charge in [0.1, 0.15) is 6.04 Å². The number of amides is 2. The van der Waals surface area contributed by atoms with E-state index in [0.717, 1.165) is 58.5 Å². The molecular weight excluding hydrogens is 666 g/mol. The van der Waals surface area contributed by atoms with E-state index in [1.54, 1.807) is 0 Å². The largest absolute Gasteiger partial charge is 0.467 e. The average molecular weight is 718 g/mol. The first kappa shape index (κ1) is 37.9. The molecule has 1 aliphatic heterocycles. The van der Waals surface area contributed by atoms with E-state index in [4.69, 9.17) is 14.2 Å². The molecule has 9 heteroatoms. The second-order valence-corrected chi connectivity index (χ2v) is 13.9. The molecule has 0 spiro atoms. The van der Waals surface area contributed by atoms with Crippen LogP contribution in [0.2, 0.25) is 0 Å². The number of hydrogen-bond acceptors (Lipinski definition) is 7. The highest BCUT2D eigenvalue weighted by molar-refractivity contribution is 5.83. The van der Waals surface area contributed by atoms with Crippen molar-refractivity contribution in [2.24, 2.45) is 0 Å². The first-order valence-electron chi connectivity index (χ1n) is 18.6. The molecule has 2 aliphatic rings. The molecule has 1 aliphatic carbocycles. The summed E-state index contributed by atoms with van der Waals surface area (Å²) in [7, 11) is 1.32. The van der Waals surface area contributed by atoms with Gasteiger partial charge in [-0.05, 0) is 58.4 Å². The zero-order chi connectivity index (χ0) is 37.0. The number of urea groups is 1.